The van der Waals surface area contributed by atoms with Crippen molar-refractivity contribution < 1.29 is 33.5 Å². The normalized spacial score (nSPS) is 23.1. The van der Waals surface area contributed by atoms with Gasteiger partial charge in [-0.05, 0) is 35.4 Å². The Bertz CT molecular complexity index is 901. The van der Waals surface area contributed by atoms with Gasteiger partial charge in [0.25, 0.3) is 0 Å². The van der Waals surface area contributed by atoms with Crippen molar-refractivity contribution in [2.45, 2.75) is 12.2 Å². The van der Waals surface area contributed by atoms with Crippen molar-refractivity contribution in [2.75, 3.05) is 34.7 Å². The van der Waals surface area contributed by atoms with Crippen LogP contribution in [0.4, 0.5) is 0 Å². The number of hydrogen-bond donors (Lipinski definition) is 1. The fourth-order valence-electron chi connectivity index (χ4n) is 4.19. The van der Waals surface area contributed by atoms with Crippen molar-refractivity contribution in [3.63, 3.8) is 0 Å². The molecule has 2 aromatic carbocycles. The molecule has 4 rings (SSSR count). The number of hydrogen-bond acceptors (Lipinski definition) is 7. The summed E-state index contributed by atoms with van der Waals surface area (Å²) in [6, 6.07) is 9.23. The van der Waals surface area contributed by atoms with E-state index in [2.05, 4.69) is 6.58 Å². The van der Waals surface area contributed by atoms with Crippen LogP contribution in [0, 0.1) is 11.8 Å². The molecule has 2 aromatic rings. The average molecular weight is 414 g/mol. The Labute approximate surface area is 175 Å². The van der Waals surface area contributed by atoms with Crippen molar-refractivity contribution >= 4 is 0 Å². The summed E-state index contributed by atoms with van der Waals surface area (Å²) in [5, 5.41) is 11.1. The minimum Gasteiger partial charge on any atom is -0.493 e. The van der Waals surface area contributed by atoms with E-state index in [4.69, 9.17) is 28.4 Å². The van der Waals surface area contributed by atoms with Crippen molar-refractivity contribution in [1.82, 2.24) is 0 Å². The number of fused-ring (bicyclic) bond motifs is 1. The summed E-state index contributed by atoms with van der Waals surface area (Å²) in [6.07, 6.45) is 0.793. The van der Waals surface area contributed by atoms with Crippen LogP contribution in [-0.2, 0) is 4.74 Å². The van der Waals surface area contributed by atoms with Crippen LogP contribution >= 0.6 is 0 Å². The van der Waals surface area contributed by atoms with Crippen molar-refractivity contribution in [2.24, 2.45) is 11.8 Å². The van der Waals surface area contributed by atoms with Gasteiger partial charge in [0.1, 0.15) is 0 Å². The van der Waals surface area contributed by atoms with E-state index in [1.165, 1.54) is 0 Å². The summed E-state index contributed by atoms with van der Waals surface area (Å²) in [5.41, 5.74) is 1.63. The highest BCUT2D eigenvalue weighted by Gasteiger charge is 2.41. The summed E-state index contributed by atoms with van der Waals surface area (Å²) in [6.45, 7) is 4.58. The van der Waals surface area contributed by atoms with E-state index in [9.17, 15) is 5.11 Å². The molecule has 2 aliphatic heterocycles. The molecule has 0 saturated carbocycles. The molecular formula is C23H26O7. The van der Waals surface area contributed by atoms with Gasteiger partial charge < -0.3 is 33.5 Å². The van der Waals surface area contributed by atoms with Gasteiger partial charge in [0, 0.05) is 11.8 Å². The molecule has 1 fully saturated rings. The molecule has 2 aliphatic rings. The van der Waals surface area contributed by atoms with Crippen molar-refractivity contribution in [3.05, 3.63) is 54.1 Å². The molecule has 2 heterocycles. The number of benzene rings is 2. The predicted octanol–water partition coefficient (Wildman–Crippen LogP) is 3.66. The maximum Gasteiger partial charge on any atom is 0.231 e. The number of rotatable bonds is 7. The van der Waals surface area contributed by atoms with E-state index in [1.807, 2.05) is 36.4 Å². The Balaban J connectivity index is 1.62. The van der Waals surface area contributed by atoms with Gasteiger partial charge >= 0.3 is 0 Å². The summed E-state index contributed by atoms with van der Waals surface area (Å²) in [7, 11) is 4.72. The minimum absolute atomic E-state index is 0.117. The molecule has 7 heteroatoms. The molecule has 0 aromatic heterocycles. The number of aliphatic hydroxyl groups excluding tert-OH is 1. The quantitative estimate of drug-likeness (QED) is 0.693. The molecular weight excluding hydrogens is 388 g/mol. The summed E-state index contributed by atoms with van der Waals surface area (Å²) < 4.78 is 33.3. The zero-order valence-electron chi connectivity index (χ0n) is 17.3. The van der Waals surface area contributed by atoms with Gasteiger partial charge in [0.05, 0.1) is 40.1 Å². The minimum atomic E-state index is -0.741. The van der Waals surface area contributed by atoms with E-state index < -0.39 is 6.10 Å². The second kappa shape index (κ2) is 8.45. The van der Waals surface area contributed by atoms with Crippen LogP contribution < -0.4 is 23.7 Å². The Morgan fingerprint density at radius 1 is 1.03 bits per heavy atom. The first kappa shape index (κ1) is 20.4. The highest BCUT2D eigenvalue weighted by molar-refractivity contribution is 5.54. The Morgan fingerprint density at radius 2 is 1.73 bits per heavy atom. The van der Waals surface area contributed by atoms with Crippen LogP contribution in [-0.4, -0.2) is 39.8 Å². The highest BCUT2D eigenvalue weighted by Crippen LogP contribution is 2.48. The average Bonchev–Trinajstić information content (AvgIpc) is 3.43. The lowest BCUT2D eigenvalue weighted by molar-refractivity contribution is 0.0755. The third-order valence-corrected chi connectivity index (χ3v) is 5.74. The summed E-state index contributed by atoms with van der Waals surface area (Å²) in [5.74, 6) is 2.66. The third-order valence-electron chi connectivity index (χ3n) is 5.74. The standard InChI is InChI=1S/C23H26O7/c1-5-15-16(21(24)13-6-7-17-18(8-13)30-12-29-17)11-28-22(15)14-9-19(25-2)23(27-4)20(10-14)26-3/h5-10,15-16,21-22,24H,1,11-12H2,2-4H3/t15-,16-,21+,22+/m0/s1. The molecule has 7 nitrogen and oxygen atoms in total. The molecule has 1 saturated heterocycles. The number of aliphatic hydroxyl groups is 1. The summed E-state index contributed by atoms with van der Waals surface area (Å²) >= 11 is 0. The molecule has 0 bridgehead atoms. The topological polar surface area (TPSA) is 75.6 Å². The molecule has 0 unspecified atom stereocenters. The van der Waals surface area contributed by atoms with E-state index >= 15 is 0 Å². The van der Waals surface area contributed by atoms with Crippen LogP contribution in [0.25, 0.3) is 0 Å². The number of ether oxygens (including phenoxy) is 6. The highest BCUT2D eigenvalue weighted by atomic mass is 16.7. The molecule has 0 spiro atoms. The predicted molar refractivity (Wildman–Crippen MR) is 109 cm³/mol. The van der Waals surface area contributed by atoms with E-state index in [1.54, 1.807) is 21.3 Å². The molecule has 160 valence electrons. The third kappa shape index (κ3) is 3.44. The van der Waals surface area contributed by atoms with E-state index in [0.29, 0.717) is 35.4 Å². The molecule has 30 heavy (non-hydrogen) atoms. The lowest BCUT2D eigenvalue weighted by Crippen LogP contribution is -2.20. The van der Waals surface area contributed by atoms with Gasteiger partial charge in [-0.25, -0.2) is 0 Å². The van der Waals surface area contributed by atoms with E-state index in [0.717, 1.165) is 11.1 Å². The maximum atomic E-state index is 11.1. The van der Waals surface area contributed by atoms with Crippen LogP contribution in [0.15, 0.2) is 43.0 Å². The number of methoxy groups -OCH3 is 3. The first-order chi connectivity index (χ1) is 14.6. The smallest absolute Gasteiger partial charge is 0.231 e. The fourth-order valence-corrected chi connectivity index (χ4v) is 4.19. The summed E-state index contributed by atoms with van der Waals surface area (Å²) in [4.78, 5) is 0. The molecule has 0 radical (unpaired) electrons. The Hall–Kier alpha value is -2.90. The monoisotopic (exact) mass is 414 g/mol. The lowest BCUT2D eigenvalue weighted by Gasteiger charge is -2.25. The molecule has 0 amide bonds. The van der Waals surface area contributed by atoms with Crippen LogP contribution in [0.1, 0.15) is 23.3 Å². The van der Waals surface area contributed by atoms with Gasteiger partial charge in [0.2, 0.25) is 12.5 Å². The van der Waals surface area contributed by atoms with Crippen molar-refractivity contribution in [1.29, 1.82) is 0 Å². The van der Waals surface area contributed by atoms with Gasteiger partial charge in [-0.3, -0.25) is 0 Å². The second-order valence-electron chi connectivity index (χ2n) is 7.25. The van der Waals surface area contributed by atoms with Gasteiger partial charge in [-0.2, -0.15) is 0 Å². The first-order valence-corrected chi connectivity index (χ1v) is 9.73. The van der Waals surface area contributed by atoms with E-state index in [-0.39, 0.29) is 24.7 Å². The van der Waals surface area contributed by atoms with Crippen LogP contribution in [0.5, 0.6) is 28.7 Å². The maximum absolute atomic E-state index is 11.1. The Kier molecular flexibility index (Phi) is 5.74. The molecule has 0 aliphatic carbocycles. The Morgan fingerprint density at radius 3 is 2.37 bits per heavy atom. The van der Waals surface area contributed by atoms with Gasteiger partial charge in [-0.1, -0.05) is 12.1 Å². The van der Waals surface area contributed by atoms with Crippen LogP contribution in [0.2, 0.25) is 0 Å². The first-order valence-electron chi connectivity index (χ1n) is 9.73. The van der Waals surface area contributed by atoms with Crippen LogP contribution in [0.3, 0.4) is 0 Å². The molecule has 4 atom stereocenters. The fraction of sp³-hybridized carbons (Fsp3) is 0.391. The largest absolute Gasteiger partial charge is 0.493 e. The van der Waals surface area contributed by atoms with Gasteiger partial charge in [0.15, 0.2) is 23.0 Å². The lowest BCUT2D eigenvalue weighted by atomic mass is 9.82. The molecule has 1 N–H and O–H groups in total. The van der Waals surface area contributed by atoms with Gasteiger partial charge in [-0.15, -0.1) is 6.58 Å². The SMILES string of the molecule is C=C[C@H]1[C@@H]([C@H](O)c2ccc3c(c2)OCO3)CO[C@@H]1c1cc(OC)c(OC)c(OC)c1. The van der Waals surface area contributed by atoms with Crippen molar-refractivity contribution in [3.8, 4) is 28.7 Å². The zero-order chi connectivity index (χ0) is 21.3. The zero-order valence-corrected chi connectivity index (χ0v) is 17.3. The second-order valence-corrected chi connectivity index (χ2v) is 7.25.